The third kappa shape index (κ3) is 3.46. The van der Waals surface area contributed by atoms with E-state index in [1.54, 1.807) is 4.68 Å². The number of hydrogen-bond donors (Lipinski definition) is 1. The van der Waals surface area contributed by atoms with Crippen LogP contribution in [0.2, 0.25) is 5.15 Å². The van der Waals surface area contributed by atoms with Crippen LogP contribution in [-0.4, -0.2) is 23.4 Å². The average molecular weight is 258 g/mol. The summed E-state index contributed by atoms with van der Waals surface area (Å²) in [5.41, 5.74) is 2.49. The van der Waals surface area contributed by atoms with Crippen LogP contribution in [-0.2, 0) is 13.5 Å². The Morgan fingerprint density at radius 3 is 2.35 bits per heavy atom. The van der Waals surface area contributed by atoms with Crippen molar-refractivity contribution in [3.63, 3.8) is 0 Å². The van der Waals surface area contributed by atoms with Crippen LogP contribution in [0.15, 0.2) is 0 Å². The van der Waals surface area contributed by atoms with Crippen LogP contribution < -0.4 is 5.32 Å². The fourth-order valence-electron chi connectivity index (χ4n) is 2.08. The quantitative estimate of drug-likeness (QED) is 0.899. The topological polar surface area (TPSA) is 29.9 Å². The minimum atomic E-state index is 0.259. The molecular formula is C13H24ClN3. The van der Waals surface area contributed by atoms with Crippen LogP contribution >= 0.6 is 11.6 Å². The molecule has 1 aromatic heterocycles. The average Bonchev–Trinajstić information content (AvgIpc) is 2.42. The predicted molar refractivity (Wildman–Crippen MR) is 73.5 cm³/mol. The van der Waals surface area contributed by atoms with Gasteiger partial charge in [-0.15, -0.1) is 0 Å². The Morgan fingerprint density at radius 2 is 2.00 bits per heavy atom. The largest absolute Gasteiger partial charge is 0.319 e. The molecule has 0 aromatic carbocycles. The number of nitrogens with one attached hydrogen (secondary N) is 1. The first-order chi connectivity index (χ1) is 7.77. The lowest BCUT2D eigenvalue weighted by Gasteiger charge is -2.30. The van der Waals surface area contributed by atoms with E-state index in [1.807, 2.05) is 21.0 Å². The first-order valence-electron chi connectivity index (χ1n) is 6.10. The summed E-state index contributed by atoms with van der Waals surface area (Å²) in [5, 5.41) is 8.41. The van der Waals surface area contributed by atoms with Crippen molar-refractivity contribution in [1.82, 2.24) is 15.1 Å². The van der Waals surface area contributed by atoms with Crippen molar-refractivity contribution in [2.75, 3.05) is 13.6 Å². The van der Waals surface area contributed by atoms with E-state index in [4.69, 9.17) is 11.6 Å². The van der Waals surface area contributed by atoms with Gasteiger partial charge in [-0.2, -0.15) is 5.10 Å². The molecule has 0 fully saturated rings. The zero-order valence-corrected chi connectivity index (χ0v) is 12.5. The Balaban J connectivity index is 2.94. The normalized spacial score (nSPS) is 14.1. The van der Waals surface area contributed by atoms with Crippen LogP contribution in [0.1, 0.15) is 32.0 Å². The highest BCUT2D eigenvalue weighted by molar-refractivity contribution is 6.30. The van der Waals surface area contributed by atoms with Gasteiger partial charge in [-0.25, -0.2) is 0 Å². The molecule has 0 aliphatic carbocycles. The smallest absolute Gasteiger partial charge is 0.130 e. The van der Waals surface area contributed by atoms with Crippen LogP contribution in [0, 0.1) is 18.3 Å². The molecule has 0 saturated heterocycles. The van der Waals surface area contributed by atoms with Gasteiger partial charge in [0.25, 0.3) is 0 Å². The van der Waals surface area contributed by atoms with Crippen LogP contribution in [0.25, 0.3) is 0 Å². The second kappa shape index (κ2) is 5.40. The van der Waals surface area contributed by atoms with Crippen molar-refractivity contribution in [3.05, 3.63) is 16.4 Å². The molecule has 1 unspecified atom stereocenters. The molecule has 0 bridgehead atoms. The van der Waals surface area contributed by atoms with Crippen molar-refractivity contribution in [3.8, 4) is 0 Å². The summed E-state index contributed by atoms with van der Waals surface area (Å²) in [6, 6.07) is 0. The lowest BCUT2D eigenvalue weighted by molar-refractivity contribution is 0.234. The second-order valence-corrected chi connectivity index (χ2v) is 6.16. The van der Waals surface area contributed by atoms with Gasteiger partial charge >= 0.3 is 0 Å². The maximum absolute atomic E-state index is 6.29. The van der Waals surface area contributed by atoms with Gasteiger partial charge in [0.15, 0.2) is 0 Å². The number of hydrogen-bond acceptors (Lipinski definition) is 2. The zero-order valence-electron chi connectivity index (χ0n) is 11.8. The molecule has 3 nitrogen and oxygen atoms in total. The van der Waals surface area contributed by atoms with Crippen molar-refractivity contribution < 1.29 is 0 Å². The van der Waals surface area contributed by atoms with Crippen LogP contribution in [0.3, 0.4) is 0 Å². The molecule has 0 aliphatic heterocycles. The number of aryl methyl sites for hydroxylation is 2. The Labute approximate surface area is 110 Å². The maximum atomic E-state index is 6.29. The summed E-state index contributed by atoms with van der Waals surface area (Å²) in [7, 11) is 3.89. The second-order valence-electron chi connectivity index (χ2n) is 5.80. The van der Waals surface area contributed by atoms with E-state index < -0.39 is 0 Å². The summed E-state index contributed by atoms with van der Waals surface area (Å²) >= 11 is 6.29. The first kappa shape index (κ1) is 14.5. The highest BCUT2D eigenvalue weighted by Gasteiger charge is 2.26. The molecule has 4 heteroatoms. The summed E-state index contributed by atoms with van der Waals surface area (Å²) in [6.45, 7) is 9.84. The standard InChI is InChI=1S/C13H24ClN3/c1-9-11(12(14)17(6)16-9)7-10(8-15-5)13(2,3)4/h10,15H,7-8H2,1-6H3. The van der Waals surface area contributed by atoms with Gasteiger partial charge in [-0.05, 0) is 38.3 Å². The molecule has 1 rings (SSSR count). The Kier molecular flexibility index (Phi) is 4.62. The molecule has 0 radical (unpaired) electrons. The van der Waals surface area contributed by atoms with Gasteiger partial charge < -0.3 is 5.32 Å². The molecule has 1 aromatic rings. The van der Waals surface area contributed by atoms with Crippen molar-refractivity contribution in [1.29, 1.82) is 0 Å². The van der Waals surface area contributed by atoms with E-state index in [2.05, 4.69) is 31.2 Å². The van der Waals surface area contributed by atoms with Gasteiger partial charge in [-0.1, -0.05) is 32.4 Å². The summed E-state index contributed by atoms with van der Waals surface area (Å²) in [4.78, 5) is 0. The molecule has 17 heavy (non-hydrogen) atoms. The van der Waals surface area contributed by atoms with Crippen molar-refractivity contribution in [2.45, 2.75) is 34.1 Å². The zero-order chi connectivity index (χ0) is 13.2. The third-order valence-electron chi connectivity index (χ3n) is 3.40. The lowest BCUT2D eigenvalue weighted by Crippen LogP contribution is -2.32. The highest BCUT2D eigenvalue weighted by Crippen LogP contribution is 2.31. The minimum Gasteiger partial charge on any atom is -0.319 e. The highest BCUT2D eigenvalue weighted by atomic mass is 35.5. The van der Waals surface area contributed by atoms with E-state index in [1.165, 1.54) is 5.56 Å². The number of nitrogens with zero attached hydrogens (tertiary/aromatic N) is 2. The van der Waals surface area contributed by atoms with Gasteiger partial charge in [0.2, 0.25) is 0 Å². The fraction of sp³-hybridized carbons (Fsp3) is 0.769. The van der Waals surface area contributed by atoms with E-state index >= 15 is 0 Å². The maximum Gasteiger partial charge on any atom is 0.130 e. The molecule has 0 saturated carbocycles. The third-order valence-corrected chi connectivity index (χ3v) is 3.87. The van der Waals surface area contributed by atoms with E-state index in [0.29, 0.717) is 5.92 Å². The molecule has 98 valence electrons. The number of rotatable bonds is 4. The monoisotopic (exact) mass is 257 g/mol. The first-order valence-corrected chi connectivity index (χ1v) is 6.47. The number of aromatic nitrogens is 2. The van der Waals surface area contributed by atoms with Gasteiger partial charge in [-0.3, -0.25) is 4.68 Å². The van der Waals surface area contributed by atoms with Gasteiger partial charge in [0, 0.05) is 12.6 Å². The van der Waals surface area contributed by atoms with Crippen molar-refractivity contribution in [2.24, 2.45) is 18.4 Å². The van der Waals surface area contributed by atoms with Gasteiger partial charge in [0.05, 0.1) is 5.69 Å². The van der Waals surface area contributed by atoms with E-state index in [0.717, 1.165) is 23.8 Å². The molecule has 1 heterocycles. The Bertz CT molecular complexity index is 377. The fourth-order valence-corrected chi connectivity index (χ4v) is 2.33. The van der Waals surface area contributed by atoms with Gasteiger partial charge in [0.1, 0.15) is 5.15 Å². The van der Waals surface area contributed by atoms with Crippen LogP contribution in [0.5, 0.6) is 0 Å². The molecule has 1 N–H and O–H groups in total. The molecule has 0 amide bonds. The SMILES string of the molecule is CNCC(Cc1c(C)nn(C)c1Cl)C(C)(C)C. The Morgan fingerprint density at radius 1 is 1.41 bits per heavy atom. The van der Waals surface area contributed by atoms with E-state index in [9.17, 15) is 0 Å². The van der Waals surface area contributed by atoms with Crippen LogP contribution in [0.4, 0.5) is 0 Å². The molecule has 0 spiro atoms. The number of halogens is 1. The molecule has 1 atom stereocenters. The minimum absolute atomic E-state index is 0.259. The summed E-state index contributed by atoms with van der Waals surface area (Å²) in [6.07, 6.45) is 0.975. The summed E-state index contributed by atoms with van der Waals surface area (Å²) in [5.74, 6) is 0.549. The lowest BCUT2D eigenvalue weighted by atomic mass is 9.77. The summed E-state index contributed by atoms with van der Waals surface area (Å²) < 4.78 is 1.76. The van der Waals surface area contributed by atoms with Crippen molar-refractivity contribution >= 4 is 11.6 Å². The van der Waals surface area contributed by atoms with E-state index in [-0.39, 0.29) is 5.41 Å². The predicted octanol–water partition coefficient (Wildman–Crippen LogP) is 2.81. The molecular weight excluding hydrogens is 234 g/mol. The molecule has 0 aliphatic rings. The Hall–Kier alpha value is -0.540.